The average Bonchev–Trinajstić information content (AvgIpc) is 3.20. The van der Waals surface area contributed by atoms with E-state index < -0.39 is 0 Å². The van der Waals surface area contributed by atoms with Gasteiger partial charge in [-0.3, -0.25) is 4.79 Å². The van der Waals surface area contributed by atoms with Gasteiger partial charge in [-0.2, -0.15) is 0 Å². The van der Waals surface area contributed by atoms with Crippen LogP contribution in [-0.2, 0) is 11.2 Å². The minimum absolute atomic E-state index is 0.00536. The van der Waals surface area contributed by atoms with E-state index in [9.17, 15) is 4.79 Å². The van der Waals surface area contributed by atoms with Gasteiger partial charge in [-0.25, -0.2) is 0 Å². The Bertz CT molecular complexity index is 1000. The molecule has 0 saturated carbocycles. The van der Waals surface area contributed by atoms with Crippen molar-refractivity contribution in [3.05, 3.63) is 100 Å². The van der Waals surface area contributed by atoms with Crippen molar-refractivity contribution in [2.75, 3.05) is 0 Å². The maximum Gasteiger partial charge on any atom is 0.163 e. The second-order valence-corrected chi connectivity index (χ2v) is 8.62. The van der Waals surface area contributed by atoms with Crippen LogP contribution in [0.5, 0.6) is 0 Å². The second-order valence-electron chi connectivity index (χ2n) is 8.62. The molecule has 2 aromatic rings. The van der Waals surface area contributed by atoms with Crippen LogP contribution in [0.3, 0.4) is 0 Å². The molecule has 148 valence electrons. The lowest BCUT2D eigenvalue weighted by Crippen LogP contribution is -2.20. The summed E-state index contributed by atoms with van der Waals surface area (Å²) in [5, 5.41) is 0. The molecule has 2 aromatic carbocycles. The van der Waals surface area contributed by atoms with Gasteiger partial charge in [0.05, 0.1) is 0 Å². The zero-order chi connectivity index (χ0) is 20.4. The van der Waals surface area contributed by atoms with Crippen molar-refractivity contribution >= 4 is 11.4 Å². The summed E-state index contributed by atoms with van der Waals surface area (Å²) in [4.78, 5) is 13.1. The third-order valence-corrected chi connectivity index (χ3v) is 6.45. The van der Waals surface area contributed by atoms with E-state index in [0.717, 1.165) is 38.5 Å². The first kappa shape index (κ1) is 19.6. The number of aryl methyl sites for hydroxylation is 3. The smallest absolute Gasteiger partial charge is 0.163 e. The van der Waals surface area contributed by atoms with E-state index in [1.54, 1.807) is 0 Å². The highest BCUT2D eigenvalue weighted by Gasteiger charge is 2.33. The number of ketones is 1. The van der Waals surface area contributed by atoms with Gasteiger partial charge in [0.1, 0.15) is 0 Å². The summed E-state index contributed by atoms with van der Waals surface area (Å²) in [7, 11) is 0. The minimum atomic E-state index is 0.00536. The Labute approximate surface area is 174 Å². The summed E-state index contributed by atoms with van der Waals surface area (Å²) in [5.41, 5.74) is 10.3. The monoisotopic (exact) mass is 382 g/mol. The van der Waals surface area contributed by atoms with Crippen LogP contribution in [0, 0.1) is 19.8 Å². The molecule has 0 fully saturated rings. The summed E-state index contributed by atoms with van der Waals surface area (Å²) in [6.45, 7) is 8.57. The molecular weight excluding hydrogens is 352 g/mol. The highest BCUT2D eigenvalue weighted by Crippen LogP contribution is 2.45. The molecule has 0 saturated heterocycles. The molecule has 0 radical (unpaired) electrons. The molecule has 0 aliphatic heterocycles. The Morgan fingerprint density at radius 1 is 1.03 bits per heavy atom. The van der Waals surface area contributed by atoms with Gasteiger partial charge in [0.15, 0.2) is 5.78 Å². The van der Waals surface area contributed by atoms with Crippen molar-refractivity contribution in [1.29, 1.82) is 0 Å². The Balaban J connectivity index is 1.49. The number of carbonyl (C=O) groups is 1. The van der Waals surface area contributed by atoms with E-state index in [-0.39, 0.29) is 11.7 Å². The fourth-order valence-corrected chi connectivity index (χ4v) is 4.77. The molecule has 0 spiro atoms. The van der Waals surface area contributed by atoms with Crippen molar-refractivity contribution < 1.29 is 4.79 Å². The molecule has 2 aliphatic carbocycles. The van der Waals surface area contributed by atoms with E-state index >= 15 is 0 Å². The molecule has 1 nitrogen and oxygen atoms in total. The van der Waals surface area contributed by atoms with Gasteiger partial charge in [-0.15, -0.1) is 0 Å². The number of hydrogen-bond donors (Lipinski definition) is 0. The Morgan fingerprint density at radius 2 is 1.79 bits per heavy atom. The topological polar surface area (TPSA) is 17.1 Å². The Kier molecular flexibility index (Phi) is 5.67. The summed E-state index contributed by atoms with van der Waals surface area (Å²) in [6.07, 6.45) is 7.97. The minimum Gasteiger partial charge on any atom is -0.294 e. The van der Waals surface area contributed by atoms with Crippen LogP contribution in [0.2, 0.25) is 0 Å². The lowest BCUT2D eigenvalue weighted by molar-refractivity contribution is -0.117. The van der Waals surface area contributed by atoms with Gasteiger partial charge in [-0.05, 0) is 86.3 Å². The largest absolute Gasteiger partial charge is 0.294 e. The zero-order valence-corrected chi connectivity index (χ0v) is 17.6. The quantitative estimate of drug-likeness (QED) is 0.494. The van der Waals surface area contributed by atoms with Gasteiger partial charge in [0.25, 0.3) is 0 Å². The van der Waals surface area contributed by atoms with Crippen molar-refractivity contribution in [3.8, 4) is 0 Å². The summed E-state index contributed by atoms with van der Waals surface area (Å²) in [5.74, 6) is 0.270. The van der Waals surface area contributed by atoms with E-state index in [2.05, 4.69) is 69.0 Å². The fraction of sp³-hybridized carbons (Fsp3) is 0.321. The second kappa shape index (κ2) is 8.37. The number of benzene rings is 2. The standard InChI is InChI=1S/C28H30O/c1-19-11-14-22(15-12-19)16-13-20(2)17-27-25-10-6-9-24(25)26(18-28(27)29)23-8-5-4-7-21(23)3/h4-5,7-8,11-12,14-15,18,27H,2,6,9-10,13,16-17H2,1,3H3. The Morgan fingerprint density at radius 3 is 2.55 bits per heavy atom. The third kappa shape index (κ3) is 4.19. The first-order valence-corrected chi connectivity index (χ1v) is 10.8. The van der Waals surface area contributed by atoms with Gasteiger partial charge >= 0.3 is 0 Å². The normalized spacial score (nSPS) is 18.6. The van der Waals surface area contributed by atoms with E-state index in [1.165, 1.54) is 44.5 Å². The molecule has 0 heterocycles. The van der Waals surface area contributed by atoms with Crippen LogP contribution in [-0.4, -0.2) is 5.78 Å². The molecule has 29 heavy (non-hydrogen) atoms. The Hall–Kier alpha value is -2.67. The highest BCUT2D eigenvalue weighted by molar-refractivity contribution is 6.06. The molecule has 1 unspecified atom stereocenters. The highest BCUT2D eigenvalue weighted by atomic mass is 16.1. The maximum absolute atomic E-state index is 13.1. The molecule has 2 aliphatic rings. The predicted octanol–water partition coefficient (Wildman–Crippen LogP) is 6.95. The first-order chi connectivity index (χ1) is 14.0. The summed E-state index contributed by atoms with van der Waals surface area (Å²) in [6, 6.07) is 17.1. The van der Waals surface area contributed by atoms with Crippen LogP contribution < -0.4 is 0 Å². The van der Waals surface area contributed by atoms with Crippen LogP contribution in [0.1, 0.15) is 54.4 Å². The van der Waals surface area contributed by atoms with E-state index in [4.69, 9.17) is 0 Å². The van der Waals surface area contributed by atoms with Crippen LogP contribution in [0.4, 0.5) is 0 Å². The average molecular weight is 383 g/mol. The number of rotatable bonds is 6. The van der Waals surface area contributed by atoms with Gasteiger partial charge in [0, 0.05) is 5.92 Å². The molecule has 0 bridgehead atoms. The van der Waals surface area contributed by atoms with Gasteiger partial charge < -0.3 is 0 Å². The number of hydrogen-bond acceptors (Lipinski definition) is 1. The molecule has 0 aromatic heterocycles. The van der Waals surface area contributed by atoms with Gasteiger partial charge in [0.2, 0.25) is 0 Å². The number of carbonyl (C=O) groups excluding carboxylic acids is 1. The molecular formula is C28H30O. The van der Waals surface area contributed by atoms with Crippen molar-refractivity contribution in [2.24, 2.45) is 5.92 Å². The van der Waals surface area contributed by atoms with Crippen molar-refractivity contribution in [3.63, 3.8) is 0 Å². The van der Waals surface area contributed by atoms with Crippen molar-refractivity contribution in [2.45, 2.75) is 52.4 Å². The third-order valence-electron chi connectivity index (χ3n) is 6.45. The van der Waals surface area contributed by atoms with Crippen molar-refractivity contribution in [1.82, 2.24) is 0 Å². The zero-order valence-electron chi connectivity index (χ0n) is 17.6. The summed E-state index contributed by atoms with van der Waals surface area (Å²) < 4.78 is 0. The van der Waals surface area contributed by atoms with E-state index in [0.29, 0.717) is 0 Å². The number of allylic oxidation sites excluding steroid dienone is 5. The summed E-state index contributed by atoms with van der Waals surface area (Å²) >= 11 is 0. The SMILES string of the molecule is C=C(CCc1ccc(C)cc1)CC1C(=O)C=C(c2ccccc2C)C2=C1CCC2. The van der Waals surface area contributed by atoms with Crippen LogP contribution in [0.15, 0.2) is 77.9 Å². The maximum atomic E-state index is 13.1. The lowest BCUT2D eigenvalue weighted by Gasteiger charge is -2.26. The van der Waals surface area contributed by atoms with Gasteiger partial charge in [-0.1, -0.05) is 71.8 Å². The van der Waals surface area contributed by atoms with Crippen LogP contribution in [0.25, 0.3) is 5.57 Å². The van der Waals surface area contributed by atoms with Crippen LogP contribution >= 0.6 is 0 Å². The molecule has 1 heteroatoms. The lowest BCUT2D eigenvalue weighted by atomic mass is 9.77. The molecule has 0 N–H and O–H groups in total. The molecule has 0 amide bonds. The molecule has 1 atom stereocenters. The van der Waals surface area contributed by atoms with E-state index in [1.807, 2.05) is 6.08 Å². The first-order valence-electron chi connectivity index (χ1n) is 10.8. The molecule has 4 rings (SSSR count). The predicted molar refractivity (Wildman–Crippen MR) is 122 cm³/mol. The fourth-order valence-electron chi connectivity index (χ4n) is 4.77.